The van der Waals surface area contributed by atoms with Gasteiger partial charge in [0, 0.05) is 24.9 Å². The number of nitrogens with one attached hydrogen (secondary N) is 2. The molecule has 0 spiro atoms. The molecule has 11 heteroatoms. The largest absolute Gasteiger partial charge is 0.497 e. The number of nitriles is 1. The first-order chi connectivity index (χ1) is 17.9. The van der Waals surface area contributed by atoms with Gasteiger partial charge in [-0.1, -0.05) is 12.1 Å². The summed E-state index contributed by atoms with van der Waals surface area (Å²) in [5.74, 6) is -0.0692. The van der Waals surface area contributed by atoms with Crippen molar-refractivity contribution in [3.63, 3.8) is 0 Å². The van der Waals surface area contributed by atoms with Crippen molar-refractivity contribution in [3.8, 4) is 11.8 Å². The SMILES string of the molecule is CCOC(=O)C1=C(CSC2=C(C#N)C(c3ccco3)CC(=O)N2)N(C)C(=O)NC1c1ccc(OC)cc1. The predicted molar refractivity (Wildman–Crippen MR) is 135 cm³/mol. The standard InChI is InChI=1S/C26H26N4O6S/c1-4-35-25(32)22-19(30(2)26(33)29-23(22)15-7-9-16(34-3)10-8-15)14-37-24-18(13-27)17(12-21(31)28-24)20-6-5-11-36-20/h5-11,17,23H,4,12,14H2,1-3H3,(H,28,31)(H,29,33). The quantitative estimate of drug-likeness (QED) is 0.503. The number of carbonyl (C=O) groups excluding carboxylic acids is 3. The maximum atomic E-state index is 13.2. The van der Waals surface area contributed by atoms with Crippen molar-refractivity contribution in [3.05, 3.63) is 75.9 Å². The van der Waals surface area contributed by atoms with Crippen LogP contribution in [0.3, 0.4) is 0 Å². The molecule has 4 rings (SSSR count). The third-order valence-electron chi connectivity index (χ3n) is 6.12. The second-order valence-electron chi connectivity index (χ2n) is 8.26. The molecule has 1 aromatic heterocycles. The van der Waals surface area contributed by atoms with Crippen LogP contribution in [-0.4, -0.2) is 49.3 Å². The van der Waals surface area contributed by atoms with Gasteiger partial charge in [-0.25, -0.2) is 9.59 Å². The van der Waals surface area contributed by atoms with Crippen LogP contribution in [0.1, 0.15) is 36.6 Å². The number of esters is 1. The van der Waals surface area contributed by atoms with Gasteiger partial charge in [0.15, 0.2) is 0 Å². The Morgan fingerprint density at radius 1 is 1.27 bits per heavy atom. The van der Waals surface area contributed by atoms with Gasteiger partial charge in [0.1, 0.15) is 11.5 Å². The normalized spacial score (nSPS) is 19.8. The molecular weight excluding hydrogens is 496 g/mol. The molecular formula is C26H26N4O6S. The molecule has 3 heterocycles. The monoisotopic (exact) mass is 522 g/mol. The first kappa shape index (κ1) is 25.9. The Labute approximate surface area is 218 Å². The second-order valence-corrected chi connectivity index (χ2v) is 9.24. The van der Waals surface area contributed by atoms with Gasteiger partial charge in [0.05, 0.1) is 54.2 Å². The molecule has 2 aliphatic heterocycles. The van der Waals surface area contributed by atoms with E-state index in [4.69, 9.17) is 13.9 Å². The van der Waals surface area contributed by atoms with E-state index in [2.05, 4.69) is 16.7 Å². The van der Waals surface area contributed by atoms with Gasteiger partial charge in [0.25, 0.3) is 0 Å². The maximum absolute atomic E-state index is 13.2. The topological polar surface area (TPSA) is 134 Å². The van der Waals surface area contributed by atoms with Crippen LogP contribution >= 0.6 is 11.8 Å². The molecule has 2 aromatic rings. The predicted octanol–water partition coefficient (Wildman–Crippen LogP) is 3.57. The van der Waals surface area contributed by atoms with Crippen molar-refractivity contribution in [1.82, 2.24) is 15.5 Å². The number of nitrogens with zero attached hydrogens (tertiary/aromatic N) is 2. The Bertz CT molecular complexity index is 1290. The molecule has 0 saturated carbocycles. The van der Waals surface area contributed by atoms with E-state index in [-0.39, 0.29) is 30.3 Å². The lowest BCUT2D eigenvalue weighted by Gasteiger charge is -2.35. The summed E-state index contributed by atoms with van der Waals surface area (Å²) in [6.07, 6.45) is 1.58. The van der Waals surface area contributed by atoms with Crippen LogP contribution in [0.25, 0.3) is 0 Å². The Kier molecular flexibility index (Phi) is 7.89. The molecule has 2 unspecified atom stereocenters. The number of urea groups is 1. The molecule has 0 radical (unpaired) electrons. The highest BCUT2D eigenvalue weighted by molar-refractivity contribution is 8.03. The van der Waals surface area contributed by atoms with Crippen molar-refractivity contribution in [2.24, 2.45) is 0 Å². The zero-order valence-electron chi connectivity index (χ0n) is 20.6. The fourth-order valence-electron chi connectivity index (χ4n) is 4.23. The molecule has 0 saturated heterocycles. The van der Waals surface area contributed by atoms with E-state index in [0.29, 0.717) is 33.4 Å². The van der Waals surface area contributed by atoms with Gasteiger partial charge in [-0.2, -0.15) is 5.26 Å². The number of ether oxygens (including phenoxy) is 2. The van der Waals surface area contributed by atoms with Crippen molar-refractivity contribution in [2.45, 2.75) is 25.3 Å². The number of benzene rings is 1. The van der Waals surface area contributed by atoms with Crippen LogP contribution in [0.4, 0.5) is 4.79 Å². The maximum Gasteiger partial charge on any atom is 0.338 e. The van der Waals surface area contributed by atoms with Crippen molar-refractivity contribution >= 4 is 29.7 Å². The molecule has 2 N–H and O–H groups in total. The number of carbonyl (C=O) groups is 3. The molecule has 0 fully saturated rings. The summed E-state index contributed by atoms with van der Waals surface area (Å²) < 4.78 is 16.0. The van der Waals surface area contributed by atoms with E-state index in [1.54, 1.807) is 57.5 Å². The van der Waals surface area contributed by atoms with Crippen LogP contribution < -0.4 is 15.4 Å². The average molecular weight is 523 g/mol. The molecule has 10 nitrogen and oxygen atoms in total. The van der Waals surface area contributed by atoms with Crippen LogP contribution in [-0.2, 0) is 14.3 Å². The highest BCUT2D eigenvalue weighted by atomic mass is 32.2. The number of hydrogen-bond acceptors (Lipinski definition) is 8. The summed E-state index contributed by atoms with van der Waals surface area (Å²) in [7, 11) is 3.11. The Balaban J connectivity index is 1.73. The highest BCUT2D eigenvalue weighted by Crippen LogP contribution is 2.39. The number of hydrogen-bond donors (Lipinski definition) is 2. The zero-order valence-corrected chi connectivity index (χ0v) is 21.4. The van der Waals surface area contributed by atoms with Crippen LogP contribution in [0.2, 0.25) is 0 Å². The van der Waals surface area contributed by atoms with Gasteiger partial charge in [0.2, 0.25) is 5.91 Å². The number of rotatable bonds is 8. The molecule has 192 valence electrons. The van der Waals surface area contributed by atoms with E-state index in [1.807, 2.05) is 0 Å². The smallest absolute Gasteiger partial charge is 0.338 e. The third kappa shape index (κ3) is 5.34. The number of allylic oxidation sites excluding steroid dienone is 1. The minimum atomic E-state index is -0.759. The summed E-state index contributed by atoms with van der Waals surface area (Å²) in [6, 6.07) is 11.5. The van der Waals surface area contributed by atoms with Crippen LogP contribution in [0.15, 0.2) is 69.0 Å². The lowest BCUT2D eigenvalue weighted by Crippen LogP contribution is -2.47. The molecule has 37 heavy (non-hydrogen) atoms. The summed E-state index contributed by atoms with van der Waals surface area (Å²) in [4.78, 5) is 39.9. The van der Waals surface area contributed by atoms with E-state index in [1.165, 1.54) is 22.9 Å². The molecule has 1 aromatic carbocycles. The van der Waals surface area contributed by atoms with Gasteiger partial charge in [-0.3, -0.25) is 9.69 Å². The fraction of sp³-hybridized carbons (Fsp3) is 0.308. The number of furan rings is 1. The molecule has 0 bridgehead atoms. The van der Waals surface area contributed by atoms with E-state index >= 15 is 0 Å². The summed E-state index contributed by atoms with van der Waals surface area (Å²) >= 11 is 1.17. The second kappa shape index (κ2) is 11.3. The summed E-state index contributed by atoms with van der Waals surface area (Å²) in [6.45, 7) is 1.86. The van der Waals surface area contributed by atoms with E-state index in [0.717, 1.165) is 0 Å². The Morgan fingerprint density at radius 2 is 2.03 bits per heavy atom. The van der Waals surface area contributed by atoms with Gasteiger partial charge < -0.3 is 24.5 Å². The number of thioether (sulfide) groups is 1. The van der Waals surface area contributed by atoms with Gasteiger partial charge >= 0.3 is 12.0 Å². The first-order valence-corrected chi connectivity index (χ1v) is 12.5. The molecule has 0 aliphatic carbocycles. The molecule has 2 atom stereocenters. The highest BCUT2D eigenvalue weighted by Gasteiger charge is 2.38. The van der Waals surface area contributed by atoms with E-state index in [9.17, 15) is 19.6 Å². The minimum Gasteiger partial charge on any atom is -0.497 e. The minimum absolute atomic E-state index is 0.0824. The number of amides is 3. The van der Waals surface area contributed by atoms with Crippen molar-refractivity contribution < 1.29 is 28.3 Å². The van der Waals surface area contributed by atoms with E-state index < -0.39 is 24.0 Å². The number of methoxy groups -OCH3 is 1. The average Bonchev–Trinajstić information content (AvgIpc) is 3.44. The zero-order chi connectivity index (χ0) is 26.5. The fourth-order valence-corrected chi connectivity index (χ4v) is 5.39. The third-order valence-corrected chi connectivity index (χ3v) is 7.15. The van der Waals surface area contributed by atoms with Gasteiger partial charge in [-0.05, 0) is 36.8 Å². The molecule has 2 aliphatic rings. The Hall–Kier alpha value is -4.17. The lowest BCUT2D eigenvalue weighted by molar-refractivity contribution is -0.139. The summed E-state index contributed by atoms with van der Waals surface area (Å²) in [5.41, 5.74) is 1.71. The van der Waals surface area contributed by atoms with Crippen molar-refractivity contribution in [1.29, 1.82) is 5.26 Å². The lowest BCUT2D eigenvalue weighted by atomic mass is 9.92. The Morgan fingerprint density at radius 3 is 2.65 bits per heavy atom. The van der Waals surface area contributed by atoms with Crippen LogP contribution in [0, 0.1) is 11.3 Å². The first-order valence-electron chi connectivity index (χ1n) is 11.6. The molecule has 3 amide bonds. The summed E-state index contributed by atoms with van der Waals surface area (Å²) in [5, 5.41) is 15.9. The van der Waals surface area contributed by atoms with Crippen molar-refractivity contribution in [2.75, 3.05) is 26.5 Å². The van der Waals surface area contributed by atoms with Gasteiger partial charge in [-0.15, -0.1) is 11.8 Å². The van der Waals surface area contributed by atoms with Crippen LogP contribution in [0.5, 0.6) is 5.75 Å².